The predicted molar refractivity (Wildman–Crippen MR) is 65.5 cm³/mol. The van der Waals surface area contributed by atoms with E-state index in [1.54, 1.807) is 5.32 Å². The molecule has 1 aromatic carbocycles. The van der Waals surface area contributed by atoms with E-state index in [0.29, 0.717) is 0 Å². The quantitative estimate of drug-likeness (QED) is 0.511. The summed E-state index contributed by atoms with van der Waals surface area (Å²) in [4.78, 5) is 11.5. The molecule has 0 aliphatic heterocycles. The van der Waals surface area contributed by atoms with Crippen LogP contribution in [0.5, 0.6) is 0 Å². The third kappa shape index (κ3) is 2.83. The second-order valence-electron chi connectivity index (χ2n) is 4.29. The number of carbonyl (C=O) groups is 1. The van der Waals surface area contributed by atoms with Gasteiger partial charge in [-0.2, -0.15) is 0 Å². The molecule has 1 aromatic rings. The zero-order valence-electron chi connectivity index (χ0n) is 9.98. The molecule has 0 bridgehead atoms. The summed E-state index contributed by atoms with van der Waals surface area (Å²) in [6.45, 7) is 2.60. The van der Waals surface area contributed by atoms with Crippen molar-refractivity contribution < 1.29 is 22.4 Å². The summed E-state index contributed by atoms with van der Waals surface area (Å²) in [5.41, 5.74) is 2.65. The van der Waals surface area contributed by atoms with Crippen LogP contribution in [0.2, 0.25) is 0 Å². The summed E-state index contributed by atoms with van der Waals surface area (Å²) in [5.74, 6) is -7.63. The van der Waals surface area contributed by atoms with E-state index >= 15 is 0 Å². The van der Waals surface area contributed by atoms with Gasteiger partial charge in [0.1, 0.15) is 5.69 Å². The zero-order valence-corrected chi connectivity index (χ0v) is 10.8. The lowest BCUT2D eigenvalue weighted by molar-refractivity contribution is -0.121. The second kappa shape index (κ2) is 5.12. The van der Waals surface area contributed by atoms with Crippen LogP contribution in [0, 0.1) is 28.7 Å². The van der Waals surface area contributed by atoms with Crippen molar-refractivity contribution in [3.05, 3.63) is 29.3 Å². The van der Waals surface area contributed by atoms with Crippen LogP contribution in [0.3, 0.4) is 0 Å². The number of carbonyl (C=O) groups excluding carboxylic acids is 1. The van der Waals surface area contributed by atoms with Crippen molar-refractivity contribution in [3.8, 4) is 0 Å². The van der Waals surface area contributed by atoms with Gasteiger partial charge in [-0.3, -0.25) is 4.79 Å². The monoisotopic (exact) mass is 294 g/mol. The van der Waals surface area contributed by atoms with E-state index in [4.69, 9.17) is 5.73 Å². The summed E-state index contributed by atoms with van der Waals surface area (Å²) < 4.78 is 52.5. The number of nitrogens with two attached hydrogens (primary N) is 1. The Labute approximate surface area is 111 Å². The molecule has 19 heavy (non-hydrogen) atoms. The Kier molecular flexibility index (Phi) is 4.14. The first-order chi connectivity index (χ1) is 8.59. The smallest absolute Gasteiger partial charge is 0.237 e. The molecular weight excluding hydrogens is 284 g/mol. The molecule has 0 aliphatic carbocycles. The van der Waals surface area contributed by atoms with Gasteiger partial charge in [-0.15, -0.1) is 0 Å². The summed E-state index contributed by atoms with van der Waals surface area (Å²) >= 11 is 4.62. The fourth-order valence-electron chi connectivity index (χ4n) is 1.06. The first-order valence-corrected chi connectivity index (χ1v) is 5.44. The van der Waals surface area contributed by atoms with Gasteiger partial charge >= 0.3 is 0 Å². The van der Waals surface area contributed by atoms with Crippen LogP contribution in [-0.2, 0) is 4.79 Å². The maximum atomic E-state index is 13.3. The second-order valence-corrected chi connectivity index (χ2v) is 4.73. The minimum absolute atomic E-state index is 0.0407. The minimum Gasteiger partial charge on any atom is -0.392 e. The molecule has 104 valence electrons. The van der Waals surface area contributed by atoms with Gasteiger partial charge in [-0.25, -0.2) is 17.6 Å². The van der Waals surface area contributed by atoms with Gasteiger partial charge in [0, 0.05) is 6.07 Å². The third-order valence-electron chi connectivity index (χ3n) is 2.53. The fourth-order valence-corrected chi connectivity index (χ4v) is 1.16. The molecule has 0 saturated carbocycles. The molecule has 0 heterocycles. The highest BCUT2D eigenvalue weighted by atomic mass is 32.1. The summed E-state index contributed by atoms with van der Waals surface area (Å²) in [6, 6.07) is 0.0407. The Hall–Kier alpha value is -1.70. The Morgan fingerprint density at radius 1 is 1.21 bits per heavy atom. The highest BCUT2D eigenvalue weighted by Gasteiger charge is 2.33. The lowest BCUT2D eigenvalue weighted by atomic mass is 9.92. The van der Waals surface area contributed by atoms with Gasteiger partial charge < -0.3 is 11.1 Å². The number of nitrogens with one attached hydrogen (secondary N) is 1. The van der Waals surface area contributed by atoms with Crippen molar-refractivity contribution in [2.45, 2.75) is 13.8 Å². The van der Waals surface area contributed by atoms with Crippen LogP contribution in [-0.4, -0.2) is 10.9 Å². The van der Waals surface area contributed by atoms with Gasteiger partial charge in [0.2, 0.25) is 5.91 Å². The normalized spacial score (nSPS) is 11.3. The SMILES string of the molecule is CC(C)(C(=O)Nc1c(F)c(F)cc(F)c1F)C(N)=S. The molecule has 0 aromatic heterocycles. The molecule has 0 saturated heterocycles. The number of hydrogen-bond acceptors (Lipinski definition) is 2. The topological polar surface area (TPSA) is 55.1 Å². The Balaban J connectivity index is 3.21. The standard InChI is InChI=1S/C11H10F4N2OS/c1-11(2,9(16)19)10(18)17-8-6(14)4(12)3-5(13)7(8)15/h3H,1-2H3,(H2,16,19)(H,17,18). The van der Waals surface area contributed by atoms with E-state index in [0.717, 1.165) is 0 Å². The maximum absolute atomic E-state index is 13.3. The number of hydrogen-bond donors (Lipinski definition) is 2. The molecule has 1 amide bonds. The molecule has 1 rings (SSSR count). The van der Waals surface area contributed by atoms with Crippen LogP contribution in [0.15, 0.2) is 6.07 Å². The number of halogens is 4. The molecule has 0 spiro atoms. The van der Waals surface area contributed by atoms with E-state index < -0.39 is 40.3 Å². The maximum Gasteiger partial charge on any atom is 0.237 e. The van der Waals surface area contributed by atoms with Crippen LogP contribution >= 0.6 is 12.2 Å². The van der Waals surface area contributed by atoms with Crippen molar-refractivity contribution in [3.63, 3.8) is 0 Å². The molecule has 3 nitrogen and oxygen atoms in total. The van der Waals surface area contributed by atoms with Gasteiger partial charge in [0.25, 0.3) is 0 Å². The fraction of sp³-hybridized carbons (Fsp3) is 0.273. The first kappa shape index (κ1) is 15.4. The Morgan fingerprint density at radius 2 is 1.63 bits per heavy atom. The zero-order chi connectivity index (χ0) is 15.0. The molecule has 0 atom stereocenters. The van der Waals surface area contributed by atoms with Crippen LogP contribution in [0.1, 0.15) is 13.8 Å². The number of amides is 1. The average molecular weight is 294 g/mol. The Morgan fingerprint density at radius 3 is 2.00 bits per heavy atom. The van der Waals surface area contributed by atoms with E-state index in [1.807, 2.05) is 0 Å². The van der Waals surface area contributed by atoms with Crippen molar-refractivity contribution in [2.75, 3.05) is 5.32 Å². The largest absolute Gasteiger partial charge is 0.392 e. The minimum atomic E-state index is -1.70. The summed E-state index contributed by atoms with van der Waals surface area (Å²) in [5, 5.41) is 1.75. The number of thiocarbonyl (C=S) groups is 1. The summed E-state index contributed by atoms with van der Waals surface area (Å²) in [6.07, 6.45) is 0. The first-order valence-electron chi connectivity index (χ1n) is 5.03. The lowest BCUT2D eigenvalue weighted by Crippen LogP contribution is -2.41. The highest BCUT2D eigenvalue weighted by molar-refractivity contribution is 7.80. The van der Waals surface area contributed by atoms with Crippen molar-refractivity contribution >= 4 is 28.8 Å². The molecule has 3 N–H and O–H groups in total. The van der Waals surface area contributed by atoms with Crippen LogP contribution in [0.25, 0.3) is 0 Å². The predicted octanol–water partition coefficient (Wildman–Crippen LogP) is 2.49. The van der Waals surface area contributed by atoms with E-state index in [-0.39, 0.29) is 11.1 Å². The van der Waals surface area contributed by atoms with Crippen molar-refractivity contribution in [1.82, 2.24) is 0 Å². The molecule has 0 unspecified atom stereocenters. The van der Waals surface area contributed by atoms with Gasteiger partial charge in [-0.05, 0) is 13.8 Å². The molecule has 8 heteroatoms. The molecule has 0 aliphatic rings. The van der Waals surface area contributed by atoms with Gasteiger partial charge in [0.15, 0.2) is 23.3 Å². The number of anilines is 1. The van der Waals surface area contributed by atoms with Crippen LogP contribution in [0.4, 0.5) is 23.2 Å². The molecular formula is C11H10F4N2OS. The Bertz CT molecular complexity index is 534. The van der Waals surface area contributed by atoms with E-state index in [2.05, 4.69) is 12.2 Å². The van der Waals surface area contributed by atoms with E-state index in [1.165, 1.54) is 13.8 Å². The van der Waals surface area contributed by atoms with Crippen molar-refractivity contribution in [1.29, 1.82) is 0 Å². The molecule has 0 fully saturated rings. The third-order valence-corrected chi connectivity index (χ3v) is 3.04. The average Bonchev–Trinajstić information content (AvgIpc) is 2.31. The molecule has 0 radical (unpaired) electrons. The number of benzene rings is 1. The number of rotatable bonds is 3. The van der Waals surface area contributed by atoms with Gasteiger partial charge in [-0.1, -0.05) is 12.2 Å². The lowest BCUT2D eigenvalue weighted by Gasteiger charge is -2.22. The summed E-state index contributed by atoms with van der Waals surface area (Å²) in [7, 11) is 0. The van der Waals surface area contributed by atoms with E-state index in [9.17, 15) is 22.4 Å². The van der Waals surface area contributed by atoms with Crippen LogP contribution < -0.4 is 11.1 Å². The van der Waals surface area contributed by atoms with Gasteiger partial charge in [0.05, 0.1) is 10.4 Å². The highest BCUT2D eigenvalue weighted by Crippen LogP contribution is 2.26. The van der Waals surface area contributed by atoms with Crippen molar-refractivity contribution in [2.24, 2.45) is 11.1 Å².